The van der Waals surface area contributed by atoms with Crippen LogP contribution in [0.4, 0.5) is 0 Å². The van der Waals surface area contributed by atoms with E-state index in [0.717, 1.165) is 6.42 Å². The number of ether oxygens (including phenoxy) is 1. The minimum atomic E-state index is -0.664. The summed E-state index contributed by atoms with van der Waals surface area (Å²) in [7, 11) is 1.31. The molecule has 2 atom stereocenters. The second-order valence-electron chi connectivity index (χ2n) is 4.21. The molecule has 1 heterocycles. The lowest BCUT2D eigenvalue weighted by Gasteiger charge is -2.21. The Balaban J connectivity index is 2.84. The zero-order valence-corrected chi connectivity index (χ0v) is 12.7. The van der Waals surface area contributed by atoms with Crippen molar-refractivity contribution in [1.82, 2.24) is 10.3 Å². The highest BCUT2D eigenvalue weighted by molar-refractivity contribution is 9.10. The van der Waals surface area contributed by atoms with Gasteiger partial charge in [0.2, 0.25) is 0 Å². The van der Waals surface area contributed by atoms with Crippen LogP contribution in [-0.2, 0) is 9.53 Å². The number of carbonyl (C=O) groups excluding carboxylic acids is 2. The number of methoxy groups -OCH3 is 1. The van der Waals surface area contributed by atoms with Gasteiger partial charge in [-0.1, -0.05) is 26.3 Å². The Bertz CT molecular complexity index is 465. The van der Waals surface area contributed by atoms with Gasteiger partial charge in [-0.05, 0) is 34.0 Å². The van der Waals surface area contributed by atoms with Gasteiger partial charge in [-0.15, -0.1) is 0 Å². The summed E-state index contributed by atoms with van der Waals surface area (Å²) >= 11 is 3.20. The number of rotatable bonds is 5. The fourth-order valence-electron chi connectivity index (χ4n) is 1.55. The van der Waals surface area contributed by atoms with Gasteiger partial charge in [0, 0.05) is 0 Å². The van der Waals surface area contributed by atoms with E-state index in [1.165, 1.54) is 7.11 Å². The first-order chi connectivity index (χ1) is 8.99. The highest BCUT2D eigenvalue weighted by Crippen LogP contribution is 2.11. The Kier molecular flexibility index (Phi) is 5.95. The number of esters is 1. The van der Waals surface area contributed by atoms with E-state index in [2.05, 4.69) is 26.2 Å². The maximum absolute atomic E-state index is 12.0. The van der Waals surface area contributed by atoms with Crippen LogP contribution >= 0.6 is 15.9 Å². The van der Waals surface area contributed by atoms with E-state index in [-0.39, 0.29) is 11.6 Å². The molecule has 6 heteroatoms. The van der Waals surface area contributed by atoms with Gasteiger partial charge < -0.3 is 10.1 Å². The number of nitrogens with zero attached hydrogens (tertiary/aromatic N) is 1. The quantitative estimate of drug-likeness (QED) is 0.664. The molecular formula is C13H17BrN2O3. The monoisotopic (exact) mass is 328 g/mol. The van der Waals surface area contributed by atoms with E-state index in [1.54, 1.807) is 18.2 Å². The summed E-state index contributed by atoms with van der Waals surface area (Å²) in [6.07, 6.45) is 0.756. The molecule has 1 aromatic heterocycles. The SMILES string of the molecule is CCC(C)C(NC(=O)c1cccc(Br)n1)C(=O)OC. The van der Waals surface area contributed by atoms with Crippen molar-refractivity contribution in [1.29, 1.82) is 0 Å². The number of hydrogen-bond donors (Lipinski definition) is 1. The van der Waals surface area contributed by atoms with Gasteiger partial charge in [0.05, 0.1) is 7.11 Å². The summed E-state index contributed by atoms with van der Waals surface area (Å²) in [5.74, 6) is -0.849. The third-order valence-electron chi connectivity index (χ3n) is 2.90. The number of halogens is 1. The minimum absolute atomic E-state index is 0.0106. The maximum atomic E-state index is 12.0. The predicted molar refractivity (Wildman–Crippen MR) is 74.7 cm³/mol. The molecular weight excluding hydrogens is 312 g/mol. The average Bonchev–Trinajstić information content (AvgIpc) is 2.42. The molecule has 1 aromatic rings. The van der Waals surface area contributed by atoms with Crippen molar-refractivity contribution in [2.75, 3.05) is 7.11 Å². The van der Waals surface area contributed by atoms with Gasteiger partial charge >= 0.3 is 5.97 Å². The van der Waals surface area contributed by atoms with E-state index in [4.69, 9.17) is 4.74 Å². The topological polar surface area (TPSA) is 68.3 Å². The minimum Gasteiger partial charge on any atom is -0.467 e. The van der Waals surface area contributed by atoms with Crippen LogP contribution in [0.2, 0.25) is 0 Å². The van der Waals surface area contributed by atoms with Crippen molar-refractivity contribution in [3.05, 3.63) is 28.5 Å². The van der Waals surface area contributed by atoms with Gasteiger partial charge in [0.1, 0.15) is 16.3 Å². The van der Waals surface area contributed by atoms with E-state index >= 15 is 0 Å². The van der Waals surface area contributed by atoms with Crippen molar-refractivity contribution in [3.8, 4) is 0 Å². The Labute approximate surface area is 120 Å². The van der Waals surface area contributed by atoms with Gasteiger partial charge in [-0.3, -0.25) is 4.79 Å². The lowest BCUT2D eigenvalue weighted by molar-refractivity contribution is -0.144. The predicted octanol–water partition coefficient (Wildman–Crippen LogP) is 2.16. The van der Waals surface area contributed by atoms with E-state index in [0.29, 0.717) is 4.60 Å². The number of nitrogens with one attached hydrogen (secondary N) is 1. The number of amides is 1. The Morgan fingerprint density at radius 3 is 2.68 bits per heavy atom. The molecule has 5 nitrogen and oxygen atoms in total. The standard InChI is InChI=1S/C13H17BrN2O3/c1-4-8(2)11(13(18)19-3)16-12(17)9-6-5-7-10(14)15-9/h5-8,11H,4H2,1-3H3,(H,16,17). The molecule has 0 saturated heterocycles. The zero-order chi connectivity index (χ0) is 14.4. The average molecular weight is 329 g/mol. The van der Waals surface area contributed by atoms with Crippen molar-refractivity contribution in [2.24, 2.45) is 5.92 Å². The zero-order valence-electron chi connectivity index (χ0n) is 11.1. The molecule has 0 saturated carbocycles. The number of hydrogen-bond acceptors (Lipinski definition) is 4. The van der Waals surface area contributed by atoms with Crippen molar-refractivity contribution >= 4 is 27.8 Å². The van der Waals surface area contributed by atoms with Crippen molar-refractivity contribution < 1.29 is 14.3 Å². The van der Waals surface area contributed by atoms with Crippen LogP contribution in [0, 0.1) is 5.92 Å². The van der Waals surface area contributed by atoms with Crippen LogP contribution < -0.4 is 5.32 Å². The Morgan fingerprint density at radius 1 is 1.47 bits per heavy atom. The van der Waals surface area contributed by atoms with Crippen LogP contribution in [0.25, 0.3) is 0 Å². The molecule has 1 rings (SSSR count). The Hall–Kier alpha value is -1.43. The first-order valence-corrected chi connectivity index (χ1v) is 6.80. The van der Waals surface area contributed by atoms with Crippen LogP contribution in [0.1, 0.15) is 30.8 Å². The van der Waals surface area contributed by atoms with Crippen LogP contribution in [0.15, 0.2) is 22.8 Å². The lowest BCUT2D eigenvalue weighted by atomic mass is 9.99. The second-order valence-corrected chi connectivity index (χ2v) is 5.02. The third-order valence-corrected chi connectivity index (χ3v) is 3.34. The smallest absolute Gasteiger partial charge is 0.328 e. The molecule has 0 aromatic carbocycles. The first kappa shape index (κ1) is 15.6. The first-order valence-electron chi connectivity index (χ1n) is 6.00. The van der Waals surface area contributed by atoms with Crippen LogP contribution in [0.3, 0.4) is 0 Å². The summed E-state index contributed by atoms with van der Waals surface area (Å²) in [4.78, 5) is 27.8. The lowest BCUT2D eigenvalue weighted by Crippen LogP contribution is -2.45. The summed E-state index contributed by atoms with van der Waals surface area (Å²) < 4.78 is 5.28. The summed E-state index contributed by atoms with van der Waals surface area (Å²) in [6.45, 7) is 3.83. The van der Waals surface area contributed by atoms with E-state index in [1.807, 2.05) is 13.8 Å². The maximum Gasteiger partial charge on any atom is 0.328 e. The summed E-state index contributed by atoms with van der Waals surface area (Å²) in [5, 5.41) is 2.67. The fourth-order valence-corrected chi connectivity index (χ4v) is 1.89. The number of carbonyl (C=O) groups is 2. The van der Waals surface area contributed by atoms with Crippen LogP contribution in [-0.4, -0.2) is 30.0 Å². The van der Waals surface area contributed by atoms with Gasteiger partial charge in [-0.2, -0.15) is 0 Å². The fraction of sp³-hybridized carbons (Fsp3) is 0.462. The van der Waals surface area contributed by atoms with Gasteiger partial charge in [0.25, 0.3) is 5.91 Å². The molecule has 2 unspecified atom stereocenters. The molecule has 1 amide bonds. The summed E-state index contributed by atoms with van der Waals surface area (Å²) in [6, 6.07) is 4.36. The van der Waals surface area contributed by atoms with E-state index in [9.17, 15) is 9.59 Å². The summed E-state index contributed by atoms with van der Waals surface area (Å²) in [5.41, 5.74) is 0.256. The van der Waals surface area contributed by atoms with Gasteiger partial charge in [-0.25, -0.2) is 9.78 Å². The van der Waals surface area contributed by atoms with Crippen molar-refractivity contribution in [2.45, 2.75) is 26.3 Å². The molecule has 104 valence electrons. The number of pyridine rings is 1. The molecule has 0 aliphatic rings. The molecule has 0 radical (unpaired) electrons. The highest BCUT2D eigenvalue weighted by atomic mass is 79.9. The molecule has 0 spiro atoms. The number of aromatic nitrogens is 1. The normalized spacial score (nSPS) is 13.5. The second kappa shape index (κ2) is 7.23. The van der Waals surface area contributed by atoms with E-state index < -0.39 is 17.9 Å². The molecule has 0 aliphatic heterocycles. The van der Waals surface area contributed by atoms with Gasteiger partial charge in [0.15, 0.2) is 0 Å². The van der Waals surface area contributed by atoms with Crippen molar-refractivity contribution in [3.63, 3.8) is 0 Å². The molecule has 0 fully saturated rings. The molecule has 0 aliphatic carbocycles. The largest absolute Gasteiger partial charge is 0.467 e. The molecule has 19 heavy (non-hydrogen) atoms. The van der Waals surface area contributed by atoms with Crippen LogP contribution in [0.5, 0.6) is 0 Å². The highest BCUT2D eigenvalue weighted by Gasteiger charge is 2.27. The molecule has 1 N–H and O–H groups in total. The molecule has 0 bridgehead atoms. The Morgan fingerprint density at radius 2 is 2.16 bits per heavy atom. The third kappa shape index (κ3) is 4.31.